The van der Waals surface area contributed by atoms with E-state index in [1.165, 1.54) is 19.1 Å². The van der Waals surface area contributed by atoms with Crippen LogP contribution in [0, 0.1) is 5.41 Å². The number of hydrogen-bond acceptors (Lipinski definition) is 5. The lowest BCUT2D eigenvalue weighted by molar-refractivity contribution is 0.227. The van der Waals surface area contributed by atoms with Crippen molar-refractivity contribution in [1.82, 2.24) is 4.90 Å². The highest BCUT2D eigenvalue weighted by molar-refractivity contribution is 8.00. The molecule has 6 heteroatoms. The van der Waals surface area contributed by atoms with Gasteiger partial charge in [-0.25, -0.2) is 8.42 Å². The van der Waals surface area contributed by atoms with Gasteiger partial charge in [0.1, 0.15) is 5.37 Å². The van der Waals surface area contributed by atoms with Gasteiger partial charge in [0.25, 0.3) is 0 Å². The first-order valence-electron chi connectivity index (χ1n) is 5.58. The third-order valence-corrected chi connectivity index (χ3v) is 6.87. The van der Waals surface area contributed by atoms with Gasteiger partial charge in [-0.3, -0.25) is 4.90 Å². The van der Waals surface area contributed by atoms with Gasteiger partial charge in [-0.15, -0.1) is 0 Å². The molecule has 0 aromatic rings. The Morgan fingerprint density at radius 2 is 2.19 bits per heavy atom. The predicted octanol–water partition coefficient (Wildman–Crippen LogP) is 1.12. The number of thiol groups is 1. The van der Waals surface area contributed by atoms with Gasteiger partial charge in [0, 0.05) is 30.9 Å². The minimum atomic E-state index is -2.95. The highest BCUT2D eigenvalue weighted by Crippen LogP contribution is 2.47. The summed E-state index contributed by atoms with van der Waals surface area (Å²) in [7, 11) is -2.95. The van der Waals surface area contributed by atoms with Crippen molar-refractivity contribution in [3.05, 3.63) is 0 Å². The molecule has 1 heterocycles. The molecule has 1 saturated heterocycles. The number of sulfone groups is 1. The lowest BCUT2D eigenvalue weighted by Gasteiger charge is -2.36. The zero-order valence-corrected chi connectivity index (χ0v) is 12.1. The Morgan fingerprint density at radius 1 is 1.50 bits per heavy atom. The van der Waals surface area contributed by atoms with Crippen molar-refractivity contribution >= 4 is 34.2 Å². The van der Waals surface area contributed by atoms with Crippen LogP contribution in [0.5, 0.6) is 0 Å². The average Bonchev–Trinajstić information content (AvgIpc) is 2.98. The van der Waals surface area contributed by atoms with Crippen LogP contribution in [-0.2, 0) is 9.84 Å². The summed E-state index contributed by atoms with van der Waals surface area (Å²) in [4.78, 5) is 2.16. The van der Waals surface area contributed by atoms with Crippen molar-refractivity contribution in [2.24, 2.45) is 5.41 Å². The minimum absolute atomic E-state index is 0.274. The molecule has 1 saturated carbocycles. The zero-order chi connectivity index (χ0) is 11.8. The van der Waals surface area contributed by atoms with Gasteiger partial charge in [0.2, 0.25) is 0 Å². The molecule has 16 heavy (non-hydrogen) atoms. The van der Waals surface area contributed by atoms with E-state index < -0.39 is 9.84 Å². The quantitative estimate of drug-likeness (QED) is 0.784. The molecular formula is C10H19NO2S3. The summed E-state index contributed by atoms with van der Waals surface area (Å²) in [6.07, 6.45) is 3.77. The van der Waals surface area contributed by atoms with Crippen molar-refractivity contribution in [3.63, 3.8) is 0 Å². The van der Waals surface area contributed by atoms with Crippen molar-refractivity contribution < 1.29 is 8.42 Å². The van der Waals surface area contributed by atoms with Gasteiger partial charge in [0.05, 0.1) is 0 Å². The first-order valence-corrected chi connectivity index (χ1v) is 9.33. The summed E-state index contributed by atoms with van der Waals surface area (Å²) in [6.45, 7) is 1.81. The van der Waals surface area contributed by atoms with Gasteiger partial charge in [-0.05, 0) is 24.0 Å². The standard InChI is InChI=1S/C10H19NO2S3/c1-16(12,13)9-6-15-5-4-11(9)7-10(8-14)2-3-10/h9,14H,2-8H2,1H3. The van der Waals surface area contributed by atoms with Crippen LogP contribution in [0.2, 0.25) is 0 Å². The Labute approximate surface area is 108 Å². The lowest BCUT2D eigenvalue weighted by Crippen LogP contribution is -2.49. The Kier molecular flexibility index (Phi) is 3.84. The molecule has 1 aliphatic heterocycles. The largest absolute Gasteiger partial charge is 0.285 e. The van der Waals surface area contributed by atoms with Gasteiger partial charge >= 0.3 is 0 Å². The summed E-state index contributed by atoms with van der Waals surface area (Å²) in [5.74, 6) is 2.66. The van der Waals surface area contributed by atoms with Crippen molar-refractivity contribution in [2.45, 2.75) is 18.2 Å². The second-order valence-corrected chi connectivity index (χ2v) is 8.66. The van der Waals surface area contributed by atoms with E-state index in [9.17, 15) is 8.42 Å². The van der Waals surface area contributed by atoms with Gasteiger partial charge in [0.15, 0.2) is 9.84 Å². The Balaban J connectivity index is 2.05. The molecule has 0 spiro atoms. The Hall–Kier alpha value is 0.610. The lowest BCUT2D eigenvalue weighted by atomic mass is 10.1. The fourth-order valence-electron chi connectivity index (χ4n) is 2.16. The summed E-state index contributed by atoms with van der Waals surface area (Å²) in [5, 5.41) is -0.274. The van der Waals surface area contributed by atoms with E-state index in [4.69, 9.17) is 0 Å². The Morgan fingerprint density at radius 3 is 2.69 bits per heavy atom. The second kappa shape index (κ2) is 4.71. The maximum absolute atomic E-state index is 11.7. The first kappa shape index (κ1) is 13.1. The normalized spacial score (nSPS) is 30.2. The van der Waals surface area contributed by atoms with E-state index in [2.05, 4.69) is 17.5 Å². The Bertz CT molecular complexity index is 351. The van der Waals surface area contributed by atoms with Crippen LogP contribution in [0.15, 0.2) is 0 Å². The van der Waals surface area contributed by atoms with Crippen LogP contribution in [-0.4, -0.2) is 55.3 Å². The van der Waals surface area contributed by atoms with E-state index in [1.807, 2.05) is 0 Å². The molecule has 0 bridgehead atoms. The molecular weight excluding hydrogens is 262 g/mol. The van der Waals surface area contributed by atoms with Gasteiger partial charge < -0.3 is 0 Å². The molecule has 2 rings (SSSR count). The van der Waals surface area contributed by atoms with E-state index in [-0.39, 0.29) is 5.37 Å². The summed E-state index contributed by atoms with van der Waals surface area (Å²) >= 11 is 6.13. The molecule has 2 aliphatic rings. The van der Waals surface area contributed by atoms with E-state index in [1.54, 1.807) is 11.8 Å². The third-order valence-electron chi connectivity index (χ3n) is 3.52. The molecule has 0 aromatic carbocycles. The monoisotopic (exact) mass is 281 g/mol. The molecule has 0 N–H and O–H groups in total. The third kappa shape index (κ3) is 2.89. The molecule has 1 aliphatic carbocycles. The molecule has 2 fully saturated rings. The maximum Gasteiger partial charge on any atom is 0.164 e. The highest BCUT2D eigenvalue weighted by Gasteiger charge is 2.45. The smallest absolute Gasteiger partial charge is 0.164 e. The SMILES string of the molecule is CS(=O)(=O)C1CSCCN1CC1(CS)CC1. The fraction of sp³-hybridized carbons (Fsp3) is 1.00. The van der Waals surface area contributed by atoms with E-state index >= 15 is 0 Å². The molecule has 3 nitrogen and oxygen atoms in total. The molecule has 1 atom stereocenters. The molecule has 0 amide bonds. The van der Waals surface area contributed by atoms with Gasteiger partial charge in [-0.2, -0.15) is 24.4 Å². The molecule has 0 aromatic heterocycles. The fourth-order valence-corrected chi connectivity index (χ4v) is 5.52. The summed E-state index contributed by atoms with van der Waals surface area (Å²) in [5.41, 5.74) is 0.314. The van der Waals surface area contributed by atoms with Crippen molar-refractivity contribution in [1.29, 1.82) is 0 Å². The van der Waals surface area contributed by atoms with Crippen molar-refractivity contribution in [3.8, 4) is 0 Å². The predicted molar refractivity (Wildman–Crippen MR) is 73.0 cm³/mol. The minimum Gasteiger partial charge on any atom is -0.285 e. The topological polar surface area (TPSA) is 37.4 Å². The number of nitrogens with zero attached hydrogens (tertiary/aromatic N) is 1. The van der Waals surface area contributed by atoms with Crippen LogP contribution >= 0.6 is 24.4 Å². The van der Waals surface area contributed by atoms with Crippen molar-refractivity contribution in [2.75, 3.05) is 36.6 Å². The summed E-state index contributed by atoms with van der Waals surface area (Å²) < 4.78 is 23.4. The van der Waals surface area contributed by atoms with Crippen LogP contribution in [0.1, 0.15) is 12.8 Å². The van der Waals surface area contributed by atoms with Crippen LogP contribution < -0.4 is 0 Å². The number of hydrogen-bond donors (Lipinski definition) is 1. The number of rotatable bonds is 4. The number of thioether (sulfide) groups is 1. The maximum atomic E-state index is 11.7. The summed E-state index contributed by atoms with van der Waals surface area (Å²) in [6, 6.07) is 0. The molecule has 1 unspecified atom stereocenters. The van der Waals surface area contributed by atoms with Crippen LogP contribution in [0.4, 0.5) is 0 Å². The van der Waals surface area contributed by atoms with Crippen LogP contribution in [0.25, 0.3) is 0 Å². The zero-order valence-electron chi connectivity index (χ0n) is 9.55. The molecule has 94 valence electrons. The second-order valence-electron chi connectivity index (χ2n) is 4.99. The van der Waals surface area contributed by atoms with Crippen LogP contribution in [0.3, 0.4) is 0 Å². The average molecular weight is 281 g/mol. The van der Waals surface area contributed by atoms with E-state index in [0.717, 1.165) is 30.3 Å². The molecule has 0 radical (unpaired) electrons. The van der Waals surface area contributed by atoms with Gasteiger partial charge in [-0.1, -0.05) is 0 Å². The highest BCUT2D eigenvalue weighted by atomic mass is 32.2. The van der Waals surface area contributed by atoms with E-state index in [0.29, 0.717) is 5.41 Å². The first-order chi connectivity index (χ1) is 7.47.